The van der Waals surface area contributed by atoms with Crippen LogP contribution >= 0.6 is 0 Å². The van der Waals surface area contributed by atoms with Crippen molar-refractivity contribution < 1.29 is 23.8 Å². The fourth-order valence-corrected chi connectivity index (χ4v) is 5.21. The lowest BCUT2D eigenvalue weighted by atomic mass is 9.66. The van der Waals surface area contributed by atoms with Crippen LogP contribution in [0.2, 0.25) is 0 Å². The van der Waals surface area contributed by atoms with Crippen LogP contribution in [0.15, 0.2) is 42.5 Å². The molecule has 1 aliphatic carbocycles. The Morgan fingerprint density at radius 2 is 1.97 bits per heavy atom. The van der Waals surface area contributed by atoms with E-state index in [1.807, 2.05) is 18.2 Å². The van der Waals surface area contributed by atoms with Gasteiger partial charge in [0.1, 0.15) is 5.82 Å². The van der Waals surface area contributed by atoms with Crippen molar-refractivity contribution in [3.8, 4) is 11.5 Å². The molecule has 6 heteroatoms. The Hall–Kier alpha value is -2.60. The van der Waals surface area contributed by atoms with Gasteiger partial charge in [-0.1, -0.05) is 25.0 Å². The average Bonchev–Trinajstić information content (AvgIpc) is 3.20. The van der Waals surface area contributed by atoms with Gasteiger partial charge in [-0.05, 0) is 55.2 Å². The fourth-order valence-electron chi connectivity index (χ4n) is 5.21. The minimum Gasteiger partial charge on any atom is -0.454 e. The summed E-state index contributed by atoms with van der Waals surface area (Å²) in [6, 6.07) is 11.2. The van der Waals surface area contributed by atoms with E-state index in [0.717, 1.165) is 31.2 Å². The molecule has 0 radical (unpaired) electrons. The zero-order valence-electron chi connectivity index (χ0n) is 16.1. The number of amides is 1. The standard InChI is InChI=1S/C23H24FNO4/c24-17-5-3-4-16(12-17)22(26)25-11-10-23(27)9-2-1-6-18(23)21(25)15-7-8-19-20(13-15)29-14-28-19/h3-5,7-8,12-13,18,21,27H,1-2,6,9-11,14H2/t18-,21-,23+/m1/s1. The van der Waals surface area contributed by atoms with Gasteiger partial charge in [0.2, 0.25) is 6.79 Å². The minimum atomic E-state index is -0.780. The molecule has 1 saturated heterocycles. The molecule has 5 nitrogen and oxygen atoms in total. The number of piperidine rings is 1. The van der Waals surface area contributed by atoms with Crippen LogP contribution in [0.25, 0.3) is 0 Å². The molecule has 2 heterocycles. The second kappa shape index (κ2) is 7.02. The van der Waals surface area contributed by atoms with Crippen molar-refractivity contribution in [2.75, 3.05) is 13.3 Å². The summed E-state index contributed by atoms with van der Waals surface area (Å²) < 4.78 is 24.7. The molecule has 0 aromatic heterocycles. The molecule has 1 amide bonds. The Balaban J connectivity index is 1.57. The van der Waals surface area contributed by atoms with Crippen LogP contribution < -0.4 is 9.47 Å². The maximum Gasteiger partial charge on any atom is 0.254 e. The number of carbonyl (C=O) groups is 1. The lowest BCUT2D eigenvalue weighted by Gasteiger charge is -2.52. The lowest BCUT2D eigenvalue weighted by Crippen LogP contribution is -2.56. The molecule has 2 fully saturated rings. The van der Waals surface area contributed by atoms with E-state index in [0.29, 0.717) is 30.0 Å². The van der Waals surface area contributed by atoms with Crippen molar-refractivity contribution >= 4 is 5.91 Å². The van der Waals surface area contributed by atoms with Crippen LogP contribution in [-0.2, 0) is 0 Å². The highest BCUT2D eigenvalue weighted by Gasteiger charge is 2.50. The molecule has 1 N–H and O–H groups in total. The molecule has 29 heavy (non-hydrogen) atoms. The molecule has 2 aliphatic heterocycles. The molecule has 0 unspecified atom stereocenters. The summed E-state index contributed by atoms with van der Waals surface area (Å²) in [6.07, 6.45) is 4.16. The summed E-state index contributed by atoms with van der Waals surface area (Å²) in [4.78, 5) is 15.2. The van der Waals surface area contributed by atoms with E-state index in [-0.39, 0.29) is 24.7 Å². The first-order valence-electron chi connectivity index (χ1n) is 10.2. The van der Waals surface area contributed by atoms with Gasteiger partial charge in [-0.25, -0.2) is 4.39 Å². The highest BCUT2D eigenvalue weighted by molar-refractivity contribution is 5.94. The second-order valence-corrected chi connectivity index (χ2v) is 8.27. The van der Waals surface area contributed by atoms with E-state index in [4.69, 9.17) is 9.47 Å². The molecule has 0 bridgehead atoms. The molecular weight excluding hydrogens is 373 g/mol. The molecule has 0 spiro atoms. The summed E-state index contributed by atoms with van der Waals surface area (Å²) in [5.41, 5.74) is 0.471. The molecule has 152 valence electrons. The number of ether oxygens (including phenoxy) is 2. The summed E-state index contributed by atoms with van der Waals surface area (Å²) in [5.74, 6) is 0.640. The third-order valence-electron chi connectivity index (χ3n) is 6.64. The molecule has 2 aromatic carbocycles. The number of fused-ring (bicyclic) bond motifs is 2. The summed E-state index contributed by atoms with van der Waals surface area (Å²) in [6.45, 7) is 0.615. The summed E-state index contributed by atoms with van der Waals surface area (Å²) in [5, 5.41) is 11.4. The van der Waals surface area contributed by atoms with Crippen LogP contribution in [-0.4, -0.2) is 34.9 Å². The number of aliphatic hydroxyl groups is 1. The lowest BCUT2D eigenvalue weighted by molar-refractivity contribution is -0.115. The van der Waals surface area contributed by atoms with Gasteiger partial charge in [0.25, 0.3) is 5.91 Å². The molecule has 3 aliphatic rings. The first-order chi connectivity index (χ1) is 14.0. The van der Waals surface area contributed by atoms with E-state index in [9.17, 15) is 14.3 Å². The van der Waals surface area contributed by atoms with E-state index in [1.165, 1.54) is 12.1 Å². The van der Waals surface area contributed by atoms with Crippen molar-refractivity contribution in [3.63, 3.8) is 0 Å². The Labute approximate surface area is 169 Å². The Kier molecular flexibility index (Phi) is 4.46. The summed E-state index contributed by atoms with van der Waals surface area (Å²) in [7, 11) is 0. The number of halogens is 1. The number of likely N-dealkylation sites (tertiary alicyclic amines) is 1. The van der Waals surface area contributed by atoms with Crippen LogP contribution in [0.5, 0.6) is 11.5 Å². The van der Waals surface area contributed by atoms with Gasteiger partial charge in [-0.2, -0.15) is 0 Å². The van der Waals surface area contributed by atoms with Gasteiger partial charge in [-0.3, -0.25) is 4.79 Å². The average molecular weight is 397 g/mol. The van der Waals surface area contributed by atoms with Crippen molar-refractivity contribution in [1.82, 2.24) is 4.90 Å². The first kappa shape index (κ1) is 18.4. The number of benzene rings is 2. The quantitative estimate of drug-likeness (QED) is 0.830. The number of nitrogens with zero attached hydrogens (tertiary/aromatic N) is 1. The highest BCUT2D eigenvalue weighted by Crippen LogP contribution is 2.50. The normalized spacial score (nSPS) is 28.1. The number of hydrogen-bond donors (Lipinski definition) is 1. The maximum absolute atomic E-state index is 13.8. The zero-order chi connectivity index (χ0) is 20.0. The van der Waals surface area contributed by atoms with Crippen molar-refractivity contribution in [2.45, 2.75) is 43.7 Å². The predicted molar refractivity (Wildman–Crippen MR) is 104 cm³/mol. The molecular formula is C23H24FNO4. The van der Waals surface area contributed by atoms with Crippen molar-refractivity contribution in [1.29, 1.82) is 0 Å². The monoisotopic (exact) mass is 397 g/mol. The Bertz CT molecular complexity index is 948. The highest BCUT2D eigenvalue weighted by atomic mass is 19.1. The third-order valence-corrected chi connectivity index (χ3v) is 6.64. The maximum atomic E-state index is 13.8. The van der Waals surface area contributed by atoms with Crippen molar-refractivity contribution in [2.24, 2.45) is 5.92 Å². The SMILES string of the molecule is O=C(c1cccc(F)c1)N1CC[C@@]2(O)CCCC[C@@H]2[C@H]1c1ccc2c(c1)OCO2. The van der Waals surface area contributed by atoms with Gasteiger partial charge >= 0.3 is 0 Å². The van der Waals surface area contributed by atoms with Crippen LogP contribution in [0.3, 0.4) is 0 Å². The number of carbonyl (C=O) groups excluding carboxylic acids is 1. The third kappa shape index (κ3) is 3.15. The summed E-state index contributed by atoms with van der Waals surface area (Å²) >= 11 is 0. The largest absolute Gasteiger partial charge is 0.454 e. The number of hydrogen-bond acceptors (Lipinski definition) is 4. The van der Waals surface area contributed by atoms with Gasteiger partial charge in [0, 0.05) is 18.0 Å². The topological polar surface area (TPSA) is 59.0 Å². The van der Waals surface area contributed by atoms with E-state index in [1.54, 1.807) is 17.0 Å². The Morgan fingerprint density at radius 1 is 1.10 bits per heavy atom. The van der Waals surface area contributed by atoms with Gasteiger partial charge in [0.05, 0.1) is 11.6 Å². The molecule has 2 aromatic rings. The van der Waals surface area contributed by atoms with Crippen LogP contribution in [0.1, 0.15) is 54.1 Å². The van der Waals surface area contributed by atoms with E-state index < -0.39 is 11.4 Å². The van der Waals surface area contributed by atoms with Gasteiger partial charge in [-0.15, -0.1) is 0 Å². The molecule has 5 rings (SSSR count). The van der Waals surface area contributed by atoms with Gasteiger partial charge in [0.15, 0.2) is 11.5 Å². The second-order valence-electron chi connectivity index (χ2n) is 8.27. The zero-order valence-corrected chi connectivity index (χ0v) is 16.1. The first-order valence-corrected chi connectivity index (χ1v) is 10.2. The van der Waals surface area contributed by atoms with Crippen LogP contribution in [0.4, 0.5) is 4.39 Å². The van der Waals surface area contributed by atoms with Crippen molar-refractivity contribution in [3.05, 3.63) is 59.4 Å². The molecule has 3 atom stereocenters. The smallest absolute Gasteiger partial charge is 0.254 e. The van der Waals surface area contributed by atoms with E-state index in [2.05, 4.69) is 0 Å². The minimum absolute atomic E-state index is 0.0668. The van der Waals surface area contributed by atoms with E-state index >= 15 is 0 Å². The molecule has 1 saturated carbocycles. The number of rotatable bonds is 2. The Morgan fingerprint density at radius 3 is 2.83 bits per heavy atom. The predicted octanol–water partition coefficient (Wildman–Crippen LogP) is 4.06. The van der Waals surface area contributed by atoms with Gasteiger partial charge < -0.3 is 19.5 Å². The van der Waals surface area contributed by atoms with Crippen LogP contribution in [0, 0.1) is 11.7 Å². The fraction of sp³-hybridized carbons (Fsp3) is 0.435.